The number of carbonyl (C=O) groups excluding carboxylic acids is 2. The normalized spacial score (nSPS) is 15.9. The minimum absolute atomic E-state index is 0.0614. The second-order valence-electron chi connectivity index (χ2n) is 8.41. The molecule has 36 heavy (non-hydrogen) atoms. The van der Waals surface area contributed by atoms with Crippen LogP contribution in [0.3, 0.4) is 0 Å². The average molecular weight is 509 g/mol. The highest BCUT2D eigenvalue weighted by Gasteiger charge is 2.27. The van der Waals surface area contributed by atoms with Gasteiger partial charge in [0.1, 0.15) is 12.6 Å². The van der Waals surface area contributed by atoms with E-state index in [2.05, 4.69) is 20.3 Å². The molecule has 1 aliphatic rings. The molecule has 0 spiro atoms. The van der Waals surface area contributed by atoms with E-state index < -0.39 is 22.0 Å². The van der Waals surface area contributed by atoms with Crippen molar-refractivity contribution in [2.45, 2.75) is 30.3 Å². The zero-order valence-corrected chi connectivity index (χ0v) is 20.6. The lowest BCUT2D eigenvalue weighted by Gasteiger charge is -2.25. The Morgan fingerprint density at radius 2 is 1.83 bits per heavy atom. The number of anilines is 1. The second kappa shape index (κ2) is 11.3. The summed E-state index contributed by atoms with van der Waals surface area (Å²) in [5.41, 5.74) is 3.14. The molecule has 3 N–H and O–H groups in total. The first kappa shape index (κ1) is 25.3. The van der Waals surface area contributed by atoms with Crippen molar-refractivity contribution in [3.63, 3.8) is 0 Å². The van der Waals surface area contributed by atoms with E-state index in [0.29, 0.717) is 17.8 Å². The highest BCUT2D eigenvalue weighted by atomic mass is 32.2. The Labute approximate surface area is 210 Å². The maximum absolute atomic E-state index is 12.6. The molecule has 1 aromatic heterocycles. The molecule has 2 atom stereocenters. The lowest BCUT2D eigenvalue weighted by Crippen LogP contribution is -2.37. The Bertz CT molecular complexity index is 1310. The van der Waals surface area contributed by atoms with Gasteiger partial charge in [0.15, 0.2) is 5.03 Å². The van der Waals surface area contributed by atoms with E-state index in [0.717, 1.165) is 17.5 Å². The fourth-order valence-corrected chi connectivity index (χ4v) is 4.99. The third-order valence-electron chi connectivity index (χ3n) is 5.96. The van der Waals surface area contributed by atoms with Crippen molar-refractivity contribution in [1.29, 1.82) is 0 Å². The molecule has 0 aliphatic carbocycles. The van der Waals surface area contributed by atoms with Gasteiger partial charge in [0.25, 0.3) is 10.0 Å². The Hall–Kier alpha value is -3.76. The molecule has 1 aliphatic heterocycles. The number of nitrogens with one attached hydrogen (secondary N) is 3. The molecule has 0 bridgehead atoms. The van der Waals surface area contributed by atoms with Crippen LogP contribution in [0.25, 0.3) is 0 Å². The number of esters is 1. The standard InChI is InChI=1S/C26H28N4O5S/c1-18(19-9-11-21(12-10-19)30-36(33,34)23-8-4-5-14-27-23)25(31)29-16-17-35-26(32)24-22-7-3-2-6-20(22)13-15-28-24/h2-12,14,18,24,28,30H,13,15-17H2,1H3,(H,29,31). The smallest absolute Gasteiger partial charge is 0.327 e. The van der Waals surface area contributed by atoms with Crippen LogP contribution in [0.5, 0.6) is 0 Å². The molecule has 2 aromatic carbocycles. The number of fused-ring (bicyclic) bond motifs is 1. The highest BCUT2D eigenvalue weighted by molar-refractivity contribution is 7.92. The maximum atomic E-state index is 12.6. The van der Waals surface area contributed by atoms with Gasteiger partial charge in [0.05, 0.1) is 12.5 Å². The number of nitrogens with zero attached hydrogens (tertiary/aromatic N) is 1. The average Bonchev–Trinajstić information content (AvgIpc) is 2.91. The molecule has 4 rings (SSSR count). The molecule has 1 amide bonds. The number of benzene rings is 2. The van der Waals surface area contributed by atoms with Gasteiger partial charge in [-0.15, -0.1) is 0 Å². The third kappa shape index (κ3) is 6.07. The zero-order valence-electron chi connectivity index (χ0n) is 19.8. The summed E-state index contributed by atoms with van der Waals surface area (Å²) in [5, 5.41) is 5.88. The number of aromatic nitrogens is 1. The number of hydrogen-bond donors (Lipinski definition) is 3. The van der Waals surface area contributed by atoms with E-state index in [1.807, 2.05) is 24.3 Å². The van der Waals surface area contributed by atoms with E-state index in [4.69, 9.17) is 4.74 Å². The fraction of sp³-hybridized carbons (Fsp3) is 0.269. The van der Waals surface area contributed by atoms with Crippen LogP contribution >= 0.6 is 0 Å². The van der Waals surface area contributed by atoms with Crippen molar-refractivity contribution in [2.75, 3.05) is 24.4 Å². The van der Waals surface area contributed by atoms with Crippen molar-refractivity contribution in [2.24, 2.45) is 0 Å². The molecule has 0 radical (unpaired) electrons. The van der Waals surface area contributed by atoms with Gasteiger partial charge < -0.3 is 15.4 Å². The van der Waals surface area contributed by atoms with Gasteiger partial charge in [-0.05, 0) is 54.3 Å². The lowest BCUT2D eigenvalue weighted by molar-refractivity contribution is -0.146. The predicted octanol–water partition coefficient (Wildman–Crippen LogP) is 2.53. The Morgan fingerprint density at radius 1 is 1.08 bits per heavy atom. The Morgan fingerprint density at radius 3 is 2.58 bits per heavy atom. The summed E-state index contributed by atoms with van der Waals surface area (Å²) in [7, 11) is -3.80. The van der Waals surface area contributed by atoms with Crippen molar-refractivity contribution >= 4 is 27.6 Å². The molecule has 0 saturated heterocycles. The van der Waals surface area contributed by atoms with Crippen LogP contribution in [0.2, 0.25) is 0 Å². The molecular formula is C26H28N4O5S. The van der Waals surface area contributed by atoms with Crippen molar-refractivity contribution in [3.05, 3.63) is 89.6 Å². The molecule has 2 heterocycles. The van der Waals surface area contributed by atoms with Gasteiger partial charge in [0, 0.05) is 18.4 Å². The monoisotopic (exact) mass is 508 g/mol. The largest absolute Gasteiger partial charge is 0.462 e. The zero-order chi connectivity index (χ0) is 25.5. The van der Waals surface area contributed by atoms with E-state index in [-0.39, 0.29) is 30.1 Å². The summed E-state index contributed by atoms with van der Waals surface area (Å²) in [6.07, 6.45) is 2.27. The van der Waals surface area contributed by atoms with Crippen LogP contribution in [0.15, 0.2) is 78.0 Å². The number of pyridine rings is 1. The number of rotatable bonds is 9. The predicted molar refractivity (Wildman–Crippen MR) is 135 cm³/mol. The van der Waals surface area contributed by atoms with Gasteiger partial charge in [0.2, 0.25) is 5.91 Å². The van der Waals surface area contributed by atoms with Gasteiger partial charge >= 0.3 is 5.97 Å². The minimum atomic E-state index is -3.80. The van der Waals surface area contributed by atoms with E-state index in [1.165, 1.54) is 12.3 Å². The first-order valence-electron chi connectivity index (χ1n) is 11.6. The Kier molecular flexibility index (Phi) is 7.97. The topological polar surface area (TPSA) is 126 Å². The molecule has 10 heteroatoms. The van der Waals surface area contributed by atoms with Gasteiger partial charge in [-0.25, -0.2) is 9.78 Å². The number of amides is 1. The molecule has 0 fully saturated rings. The number of sulfonamides is 1. The summed E-state index contributed by atoms with van der Waals surface area (Å²) in [4.78, 5) is 29.0. The fourth-order valence-electron chi connectivity index (χ4n) is 3.98. The van der Waals surface area contributed by atoms with Crippen LogP contribution in [0, 0.1) is 0 Å². The number of ether oxygens (including phenoxy) is 1. The molecule has 2 unspecified atom stereocenters. The highest BCUT2D eigenvalue weighted by Crippen LogP contribution is 2.24. The van der Waals surface area contributed by atoms with E-state index in [1.54, 1.807) is 43.3 Å². The second-order valence-corrected chi connectivity index (χ2v) is 10.0. The lowest BCUT2D eigenvalue weighted by atomic mass is 9.94. The molecule has 188 valence electrons. The minimum Gasteiger partial charge on any atom is -0.462 e. The molecule has 9 nitrogen and oxygen atoms in total. The summed E-state index contributed by atoms with van der Waals surface area (Å²) in [6, 6.07) is 18.5. The SMILES string of the molecule is CC(C(=O)NCCOC(=O)C1NCCc2ccccc21)c1ccc(NS(=O)(=O)c2ccccn2)cc1. The van der Waals surface area contributed by atoms with Gasteiger partial charge in [-0.2, -0.15) is 8.42 Å². The first-order chi connectivity index (χ1) is 17.3. The maximum Gasteiger partial charge on any atom is 0.327 e. The first-order valence-corrected chi connectivity index (χ1v) is 13.1. The summed E-state index contributed by atoms with van der Waals surface area (Å²) in [6.45, 7) is 2.70. The van der Waals surface area contributed by atoms with Crippen molar-refractivity contribution in [1.82, 2.24) is 15.6 Å². The van der Waals surface area contributed by atoms with Gasteiger partial charge in [-0.1, -0.05) is 42.5 Å². The summed E-state index contributed by atoms with van der Waals surface area (Å²) >= 11 is 0. The third-order valence-corrected chi connectivity index (χ3v) is 7.26. The van der Waals surface area contributed by atoms with E-state index >= 15 is 0 Å². The van der Waals surface area contributed by atoms with Crippen LogP contribution in [0.1, 0.15) is 35.6 Å². The molecule has 0 saturated carbocycles. The molecular weight excluding hydrogens is 480 g/mol. The van der Waals surface area contributed by atoms with Crippen LogP contribution < -0.4 is 15.4 Å². The van der Waals surface area contributed by atoms with Crippen LogP contribution in [-0.2, 0) is 30.8 Å². The number of hydrogen-bond acceptors (Lipinski definition) is 7. The Balaban J connectivity index is 1.25. The van der Waals surface area contributed by atoms with Crippen LogP contribution in [0.4, 0.5) is 5.69 Å². The summed E-state index contributed by atoms with van der Waals surface area (Å²) in [5.74, 6) is -1.07. The number of carbonyl (C=O) groups is 2. The van der Waals surface area contributed by atoms with E-state index in [9.17, 15) is 18.0 Å². The molecule has 3 aromatic rings. The van der Waals surface area contributed by atoms with Crippen LogP contribution in [-0.4, -0.2) is 45.0 Å². The van der Waals surface area contributed by atoms with Crippen molar-refractivity contribution in [3.8, 4) is 0 Å². The quantitative estimate of drug-likeness (QED) is 0.299. The summed E-state index contributed by atoms with van der Waals surface area (Å²) < 4.78 is 32.7. The van der Waals surface area contributed by atoms with Gasteiger partial charge in [-0.3, -0.25) is 9.52 Å². The van der Waals surface area contributed by atoms with Crippen molar-refractivity contribution < 1.29 is 22.7 Å².